The normalized spacial score (nSPS) is 26.1. The fraction of sp³-hybridized carbons (Fsp3) is 0.778. The van der Waals surface area contributed by atoms with E-state index >= 15 is 0 Å². The van der Waals surface area contributed by atoms with Gasteiger partial charge in [0.15, 0.2) is 12.2 Å². The van der Waals surface area contributed by atoms with Gasteiger partial charge in [-0.2, -0.15) is 0 Å². The van der Waals surface area contributed by atoms with Crippen molar-refractivity contribution in [3.63, 3.8) is 0 Å². The second-order valence-corrected chi connectivity index (χ2v) is 7.40. The summed E-state index contributed by atoms with van der Waals surface area (Å²) in [5.74, 6) is -2.14. The van der Waals surface area contributed by atoms with Crippen LogP contribution in [0.4, 0.5) is 0 Å². The molecule has 158 valence electrons. The maximum Gasteiger partial charge on any atom is 0.325 e. The van der Waals surface area contributed by atoms with Crippen LogP contribution in [0.5, 0.6) is 0 Å². The Morgan fingerprint density at radius 2 is 1.14 bits per heavy atom. The first-order valence-corrected chi connectivity index (χ1v) is 9.36. The molecule has 2 amide bonds. The highest BCUT2D eigenvalue weighted by Gasteiger charge is 2.51. The lowest BCUT2D eigenvalue weighted by Gasteiger charge is -2.17. The average molecular weight is 400 g/mol. The molecule has 0 aliphatic carbocycles. The van der Waals surface area contributed by atoms with E-state index in [4.69, 9.17) is 18.9 Å². The summed E-state index contributed by atoms with van der Waals surface area (Å²) in [6.07, 6.45) is -2.38. The summed E-state index contributed by atoms with van der Waals surface area (Å²) in [5, 5.41) is 4.96. The summed E-state index contributed by atoms with van der Waals surface area (Å²) >= 11 is 0. The van der Waals surface area contributed by atoms with Gasteiger partial charge in [-0.1, -0.05) is 27.7 Å². The SMILES string of the molecule is CC(C)C(=O)NCC(=O)OC1COC2C(OC(=O)CNC(=O)C(C)C)COC12. The highest BCUT2D eigenvalue weighted by molar-refractivity contribution is 5.83. The van der Waals surface area contributed by atoms with Gasteiger partial charge in [0.05, 0.1) is 13.2 Å². The fourth-order valence-electron chi connectivity index (χ4n) is 2.78. The predicted octanol–water partition coefficient (Wildman–Crippen LogP) is -0.848. The van der Waals surface area contributed by atoms with Gasteiger partial charge in [-0.05, 0) is 0 Å². The summed E-state index contributed by atoms with van der Waals surface area (Å²) in [6, 6.07) is 0. The first kappa shape index (κ1) is 22.1. The van der Waals surface area contributed by atoms with Crippen LogP contribution in [0.2, 0.25) is 0 Å². The van der Waals surface area contributed by atoms with Gasteiger partial charge < -0.3 is 29.6 Å². The van der Waals surface area contributed by atoms with Crippen molar-refractivity contribution >= 4 is 23.8 Å². The number of nitrogens with one attached hydrogen (secondary N) is 2. The van der Waals surface area contributed by atoms with E-state index in [1.165, 1.54) is 0 Å². The fourth-order valence-corrected chi connectivity index (χ4v) is 2.78. The van der Waals surface area contributed by atoms with Crippen molar-refractivity contribution in [2.45, 2.75) is 52.1 Å². The minimum absolute atomic E-state index is 0.108. The van der Waals surface area contributed by atoms with E-state index in [-0.39, 0.29) is 50.0 Å². The van der Waals surface area contributed by atoms with Gasteiger partial charge in [-0.15, -0.1) is 0 Å². The zero-order valence-corrected chi connectivity index (χ0v) is 16.6. The molecule has 10 nitrogen and oxygen atoms in total. The molecule has 28 heavy (non-hydrogen) atoms. The first-order valence-electron chi connectivity index (χ1n) is 9.36. The third-order valence-electron chi connectivity index (χ3n) is 4.39. The van der Waals surface area contributed by atoms with Crippen molar-refractivity contribution in [2.75, 3.05) is 26.3 Å². The molecule has 4 atom stereocenters. The number of esters is 2. The van der Waals surface area contributed by atoms with Gasteiger partial charge >= 0.3 is 11.9 Å². The van der Waals surface area contributed by atoms with Gasteiger partial charge in [0.25, 0.3) is 0 Å². The van der Waals surface area contributed by atoms with Crippen LogP contribution in [0.25, 0.3) is 0 Å². The molecule has 2 heterocycles. The van der Waals surface area contributed by atoms with E-state index < -0.39 is 36.4 Å². The average Bonchev–Trinajstić information content (AvgIpc) is 3.21. The molecule has 0 saturated carbocycles. The third kappa shape index (κ3) is 5.90. The lowest BCUT2D eigenvalue weighted by atomic mass is 10.1. The molecule has 2 aliphatic rings. The number of fused-ring (bicyclic) bond motifs is 1. The highest BCUT2D eigenvalue weighted by atomic mass is 16.7. The Balaban J connectivity index is 1.75. The third-order valence-corrected chi connectivity index (χ3v) is 4.39. The molecule has 2 fully saturated rings. The zero-order valence-electron chi connectivity index (χ0n) is 16.6. The Kier molecular flexibility index (Phi) is 7.76. The standard InChI is InChI=1S/C18H28N2O8/c1-9(2)17(23)19-5-13(21)27-11-7-25-16-12(8-26-15(11)16)28-14(22)6-20-18(24)10(3)4/h9-12,15-16H,5-8H2,1-4H3,(H,19,23)(H,20,24). The maximum atomic E-state index is 11.9. The van der Waals surface area contributed by atoms with Crippen LogP contribution < -0.4 is 10.6 Å². The van der Waals surface area contributed by atoms with Crippen LogP contribution in [-0.2, 0) is 38.1 Å². The van der Waals surface area contributed by atoms with Gasteiger partial charge in [-0.25, -0.2) is 0 Å². The van der Waals surface area contributed by atoms with E-state index in [2.05, 4.69) is 10.6 Å². The number of hydrogen-bond donors (Lipinski definition) is 2. The van der Waals surface area contributed by atoms with Crippen molar-refractivity contribution in [3.05, 3.63) is 0 Å². The first-order chi connectivity index (χ1) is 13.2. The van der Waals surface area contributed by atoms with Crippen LogP contribution in [0.3, 0.4) is 0 Å². The molecule has 0 bridgehead atoms. The molecular formula is C18H28N2O8. The largest absolute Gasteiger partial charge is 0.456 e. The molecule has 0 aromatic heterocycles. The predicted molar refractivity (Wildman–Crippen MR) is 94.9 cm³/mol. The number of ether oxygens (including phenoxy) is 4. The molecule has 2 N–H and O–H groups in total. The van der Waals surface area contributed by atoms with Crippen molar-refractivity contribution in [1.29, 1.82) is 0 Å². The van der Waals surface area contributed by atoms with Crippen molar-refractivity contribution < 1.29 is 38.1 Å². The maximum absolute atomic E-state index is 11.9. The number of carbonyl (C=O) groups is 4. The molecule has 10 heteroatoms. The second-order valence-electron chi connectivity index (χ2n) is 7.40. The smallest absolute Gasteiger partial charge is 0.325 e. The molecule has 2 saturated heterocycles. The lowest BCUT2D eigenvalue weighted by molar-refractivity contribution is -0.155. The number of carbonyl (C=O) groups excluding carboxylic acids is 4. The number of amides is 2. The Hall–Kier alpha value is -2.20. The van der Waals surface area contributed by atoms with E-state index in [0.29, 0.717) is 0 Å². The van der Waals surface area contributed by atoms with Crippen molar-refractivity contribution in [1.82, 2.24) is 10.6 Å². The van der Waals surface area contributed by atoms with E-state index in [1.54, 1.807) is 27.7 Å². The Bertz CT molecular complexity index is 554. The Morgan fingerprint density at radius 3 is 1.46 bits per heavy atom. The number of rotatable bonds is 8. The lowest BCUT2D eigenvalue weighted by Crippen LogP contribution is -2.40. The Labute approximate surface area is 163 Å². The van der Waals surface area contributed by atoms with Crippen molar-refractivity contribution in [2.24, 2.45) is 11.8 Å². The molecule has 0 aromatic rings. The van der Waals surface area contributed by atoms with Crippen LogP contribution in [-0.4, -0.2) is 74.5 Å². The van der Waals surface area contributed by atoms with Gasteiger partial charge in [-0.3, -0.25) is 19.2 Å². The van der Waals surface area contributed by atoms with Crippen molar-refractivity contribution in [3.8, 4) is 0 Å². The summed E-state index contributed by atoms with van der Waals surface area (Å²) in [4.78, 5) is 46.8. The Morgan fingerprint density at radius 1 is 0.786 bits per heavy atom. The minimum atomic E-state index is -0.641. The van der Waals surface area contributed by atoms with E-state index in [1.807, 2.05) is 0 Å². The zero-order chi connectivity index (χ0) is 20.8. The number of hydrogen-bond acceptors (Lipinski definition) is 8. The molecular weight excluding hydrogens is 372 g/mol. The summed E-state index contributed by atoms with van der Waals surface area (Å²) in [5.41, 5.74) is 0. The molecule has 2 rings (SSSR count). The molecule has 0 aromatic carbocycles. The quantitative estimate of drug-likeness (QED) is 0.504. The molecule has 0 radical (unpaired) electrons. The van der Waals surface area contributed by atoms with E-state index in [9.17, 15) is 19.2 Å². The second kappa shape index (κ2) is 9.83. The monoisotopic (exact) mass is 400 g/mol. The summed E-state index contributed by atoms with van der Waals surface area (Å²) in [6.45, 7) is 6.62. The topological polar surface area (TPSA) is 129 Å². The van der Waals surface area contributed by atoms with E-state index in [0.717, 1.165) is 0 Å². The van der Waals surface area contributed by atoms with Gasteiger partial charge in [0, 0.05) is 11.8 Å². The van der Waals surface area contributed by atoms with Gasteiger partial charge in [0.2, 0.25) is 11.8 Å². The van der Waals surface area contributed by atoms with Crippen LogP contribution >= 0.6 is 0 Å². The van der Waals surface area contributed by atoms with Crippen LogP contribution in [0.15, 0.2) is 0 Å². The molecule has 0 spiro atoms. The minimum Gasteiger partial charge on any atom is -0.456 e. The highest BCUT2D eigenvalue weighted by Crippen LogP contribution is 2.30. The van der Waals surface area contributed by atoms with Crippen LogP contribution in [0.1, 0.15) is 27.7 Å². The van der Waals surface area contributed by atoms with Gasteiger partial charge in [0.1, 0.15) is 25.3 Å². The summed E-state index contributed by atoms with van der Waals surface area (Å²) < 4.78 is 21.8. The van der Waals surface area contributed by atoms with Crippen LogP contribution in [0, 0.1) is 11.8 Å². The summed E-state index contributed by atoms with van der Waals surface area (Å²) in [7, 11) is 0. The molecule has 2 aliphatic heterocycles. The molecule has 4 unspecified atom stereocenters.